The number of rotatable bonds is 3. The molecule has 25 heavy (non-hydrogen) atoms. The fourth-order valence-electron chi connectivity index (χ4n) is 4.09. The molecule has 0 spiro atoms. The molecule has 0 saturated heterocycles. The standard InChI is InChI=1S/C23H21ClO/c1-25-20-11-13-22-18(15-20)10-12-21(17-8-5-9-19(24)14-17)23(22)16-6-3-2-4-7-16/h2-9,11,13-15,21,23H,10,12H2,1H3/t21-,23+/m0/s1. The van der Waals surface area contributed by atoms with Crippen LogP contribution in [0.15, 0.2) is 72.8 Å². The van der Waals surface area contributed by atoms with Crippen LogP contribution in [0.3, 0.4) is 0 Å². The first-order chi connectivity index (χ1) is 12.3. The fourth-order valence-corrected chi connectivity index (χ4v) is 4.29. The predicted octanol–water partition coefficient (Wildman–Crippen LogP) is 6.21. The van der Waals surface area contributed by atoms with E-state index in [4.69, 9.17) is 16.3 Å². The topological polar surface area (TPSA) is 9.23 Å². The van der Waals surface area contributed by atoms with E-state index in [9.17, 15) is 0 Å². The van der Waals surface area contributed by atoms with Gasteiger partial charge in [-0.3, -0.25) is 0 Å². The smallest absolute Gasteiger partial charge is 0.119 e. The molecule has 0 radical (unpaired) electrons. The predicted molar refractivity (Wildman–Crippen MR) is 104 cm³/mol. The van der Waals surface area contributed by atoms with Crippen LogP contribution in [0.2, 0.25) is 5.02 Å². The van der Waals surface area contributed by atoms with E-state index in [1.54, 1.807) is 7.11 Å². The van der Waals surface area contributed by atoms with Crippen LogP contribution in [0.1, 0.15) is 40.5 Å². The quantitative estimate of drug-likeness (QED) is 0.546. The summed E-state index contributed by atoms with van der Waals surface area (Å²) in [4.78, 5) is 0. The molecule has 0 fully saturated rings. The van der Waals surface area contributed by atoms with E-state index < -0.39 is 0 Å². The van der Waals surface area contributed by atoms with Crippen molar-refractivity contribution in [2.24, 2.45) is 0 Å². The van der Waals surface area contributed by atoms with E-state index in [0.717, 1.165) is 23.6 Å². The van der Waals surface area contributed by atoms with Crippen LogP contribution in [-0.2, 0) is 6.42 Å². The molecule has 0 N–H and O–H groups in total. The first-order valence-electron chi connectivity index (χ1n) is 8.73. The molecule has 3 aromatic rings. The zero-order chi connectivity index (χ0) is 17.2. The number of benzene rings is 3. The molecule has 1 nitrogen and oxygen atoms in total. The summed E-state index contributed by atoms with van der Waals surface area (Å²) in [6.45, 7) is 0. The van der Waals surface area contributed by atoms with Gasteiger partial charge in [0.25, 0.3) is 0 Å². The number of ether oxygens (including phenoxy) is 1. The van der Waals surface area contributed by atoms with Crippen molar-refractivity contribution in [2.75, 3.05) is 7.11 Å². The summed E-state index contributed by atoms with van der Waals surface area (Å²) in [5.41, 5.74) is 5.48. The second-order valence-electron chi connectivity index (χ2n) is 6.65. The number of hydrogen-bond donors (Lipinski definition) is 0. The van der Waals surface area contributed by atoms with Crippen LogP contribution < -0.4 is 4.74 Å². The molecule has 0 unspecified atom stereocenters. The van der Waals surface area contributed by atoms with Crippen LogP contribution in [-0.4, -0.2) is 7.11 Å². The molecule has 3 aromatic carbocycles. The van der Waals surface area contributed by atoms with E-state index in [1.807, 2.05) is 6.07 Å². The van der Waals surface area contributed by atoms with Crippen LogP contribution in [0, 0.1) is 0 Å². The molecule has 0 aromatic heterocycles. The van der Waals surface area contributed by atoms with E-state index in [-0.39, 0.29) is 0 Å². The number of hydrogen-bond acceptors (Lipinski definition) is 1. The van der Waals surface area contributed by atoms with E-state index in [2.05, 4.69) is 66.7 Å². The maximum atomic E-state index is 6.28. The lowest BCUT2D eigenvalue weighted by atomic mass is 9.69. The minimum atomic E-state index is 0.342. The van der Waals surface area contributed by atoms with E-state index >= 15 is 0 Å². The van der Waals surface area contributed by atoms with Gasteiger partial charge in [0, 0.05) is 10.9 Å². The van der Waals surface area contributed by atoms with Gasteiger partial charge >= 0.3 is 0 Å². The Bertz CT molecular complexity index is 872. The molecular formula is C23H21ClO. The highest BCUT2D eigenvalue weighted by Gasteiger charge is 2.32. The van der Waals surface area contributed by atoms with E-state index in [0.29, 0.717) is 11.8 Å². The van der Waals surface area contributed by atoms with Crippen LogP contribution in [0.25, 0.3) is 0 Å². The Morgan fingerprint density at radius 3 is 2.44 bits per heavy atom. The summed E-state index contributed by atoms with van der Waals surface area (Å²) < 4.78 is 5.43. The van der Waals surface area contributed by atoms with Gasteiger partial charge < -0.3 is 4.74 Å². The van der Waals surface area contributed by atoms with Gasteiger partial charge in [0.15, 0.2) is 0 Å². The van der Waals surface area contributed by atoms with Gasteiger partial charge in [-0.05, 0) is 65.3 Å². The highest BCUT2D eigenvalue weighted by Crippen LogP contribution is 2.47. The van der Waals surface area contributed by atoms with Gasteiger partial charge in [-0.25, -0.2) is 0 Å². The lowest BCUT2D eigenvalue weighted by Gasteiger charge is -2.35. The third-order valence-electron chi connectivity index (χ3n) is 5.25. The molecule has 0 saturated carbocycles. The minimum Gasteiger partial charge on any atom is -0.497 e. The molecule has 0 bridgehead atoms. The third-order valence-corrected chi connectivity index (χ3v) is 5.48. The zero-order valence-corrected chi connectivity index (χ0v) is 15.0. The zero-order valence-electron chi connectivity index (χ0n) is 14.3. The van der Waals surface area contributed by atoms with Crippen LogP contribution >= 0.6 is 11.6 Å². The maximum Gasteiger partial charge on any atom is 0.119 e. The Balaban J connectivity index is 1.85. The van der Waals surface area contributed by atoms with E-state index in [1.165, 1.54) is 22.3 Å². The first kappa shape index (κ1) is 16.2. The van der Waals surface area contributed by atoms with Gasteiger partial charge in [0.2, 0.25) is 0 Å². The Morgan fingerprint density at radius 2 is 1.68 bits per heavy atom. The largest absolute Gasteiger partial charge is 0.497 e. The van der Waals surface area contributed by atoms with Crippen molar-refractivity contribution in [1.29, 1.82) is 0 Å². The second-order valence-corrected chi connectivity index (χ2v) is 7.09. The van der Waals surface area contributed by atoms with Crippen molar-refractivity contribution in [3.63, 3.8) is 0 Å². The highest BCUT2D eigenvalue weighted by molar-refractivity contribution is 6.30. The van der Waals surface area contributed by atoms with Crippen molar-refractivity contribution in [2.45, 2.75) is 24.7 Å². The maximum absolute atomic E-state index is 6.28. The lowest BCUT2D eigenvalue weighted by molar-refractivity contribution is 0.412. The number of methoxy groups -OCH3 is 1. The fraction of sp³-hybridized carbons (Fsp3) is 0.217. The average Bonchev–Trinajstić information content (AvgIpc) is 2.67. The van der Waals surface area contributed by atoms with Crippen molar-refractivity contribution in [3.8, 4) is 5.75 Å². The molecular weight excluding hydrogens is 328 g/mol. The molecule has 2 heteroatoms. The number of aryl methyl sites for hydroxylation is 1. The first-order valence-corrected chi connectivity index (χ1v) is 9.11. The van der Waals surface area contributed by atoms with Crippen molar-refractivity contribution >= 4 is 11.6 Å². The number of halogens is 1. The van der Waals surface area contributed by atoms with Gasteiger partial charge in [-0.1, -0.05) is 60.1 Å². The highest BCUT2D eigenvalue weighted by atomic mass is 35.5. The Morgan fingerprint density at radius 1 is 0.880 bits per heavy atom. The third kappa shape index (κ3) is 3.17. The Hall–Kier alpha value is -2.25. The normalized spacial score (nSPS) is 19.3. The molecule has 2 atom stereocenters. The summed E-state index contributed by atoms with van der Waals surface area (Å²) >= 11 is 6.28. The average molecular weight is 349 g/mol. The molecule has 1 aliphatic carbocycles. The molecule has 0 amide bonds. The van der Waals surface area contributed by atoms with Crippen molar-refractivity contribution in [3.05, 3.63) is 100 Å². The van der Waals surface area contributed by atoms with Gasteiger partial charge in [-0.15, -0.1) is 0 Å². The minimum absolute atomic E-state index is 0.342. The molecule has 0 aliphatic heterocycles. The molecule has 1 aliphatic rings. The Kier molecular flexibility index (Phi) is 4.50. The van der Waals surface area contributed by atoms with Gasteiger partial charge in [0.1, 0.15) is 5.75 Å². The lowest BCUT2D eigenvalue weighted by Crippen LogP contribution is -2.20. The monoisotopic (exact) mass is 348 g/mol. The van der Waals surface area contributed by atoms with Crippen LogP contribution in [0.4, 0.5) is 0 Å². The van der Waals surface area contributed by atoms with Crippen LogP contribution in [0.5, 0.6) is 5.75 Å². The number of fused-ring (bicyclic) bond motifs is 1. The summed E-state index contributed by atoms with van der Waals surface area (Å²) in [7, 11) is 1.73. The molecule has 0 heterocycles. The summed E-state index contributed by atoms with van der Waals surface area (Å²) in [6, 6.07) is 25.7. The summed E-state index contributed by atoms with van der Waals surface area (Å²) in [5, 5.41) is 0.810. The SMILES string of the molecule is COc1ccc2c(c1)CC[C@@H](c1cccc(Cl)c1)[C@H]2c1ccccc1. The van der Waals surface area contributed by atoms with Crippen molar-refractivity contribution in [1.82, 2.24) is 0 Å². The molecule has 126 valence electrons. The van der Waals surface area contributed by atoms with Gasteiger partial charge in [-0.2, -0.15) is 0 Å². The summed E-state index contributed by atoms with van der Waals surface area (Å²) in [5.74, 6) is 1.71. The van der Waals surface area contributed by atoms with Gasteiger partial charge in [0.05, 0.1) is 7.11 Å². The van der Waals surface area contributed by atoms with Crippen molar-refractivity contribution < 1.29 is 4.74 Å². The summed E-state index contributed by atoms with van der Waals surface area (Å²) in [6.07, 6.45) is 2.17. The second kappa shape index (κ2) is 6.93. The Labute approximate surface area is 154 Å². The molecule has 4 rings (SSSR count).